The lowest BCUT2D eigenvalue weighted by Crippen LogP contribution is -2.19. The van der Waals surface area contributed by atoms with Crippen LogP contribution in [0.25, 0.3) is 0 Å². The smallest absolute Gasteiger partial charge is 0.246 e. The number of carbonyl (C=O) groups excluding carboxylic acids is 1. The number of hydrogen-bond acceptors (Lipinski definition) is 6. The Labute approximate surface area is 133 Å². The third-order valence-electron chi connectivity index (χ3n) is 3.58. The van der Waals surface area contributed by atoms with Gasteiger partial charge >= 0.3 is 0 Å². The summed E-state index contributed by atoms with van der Waals surface area (Å²) in [6.45, 7) is 1.90. The van der Waals surface area contributed by atoms with E-state index >= 15 is 0 Å². The summed E-state index contributed by atoms with van der Waals surface area (Å²) >= 11 is 0. The molecule has 0 aliphatic carbocycles. The molecule has 7 heteroatoms. The molecule has 0 unspecified atom stereocenters. The Balaban J connectivity index is 1.77. The van der Waals surface area contributed by atoms with Gasteiger partial charge in [0.25, 0.3) is 0 Å². The SMILES string of the molecule is COc1ccnc(NN=C(C)c2ccc3c(c2)CCC(=O)N3)n1. The van der Waals surface area contributed by atoms with Crippen LogP contribution in [0.4, 0.5) is 11.6 Å². The maximum absolute atomic E-state index is 11.4. The molecule has 1 aromatic carbocycles. The fourth-order valence-electron chi connectivity index (χ4n) is 2.32. The van der Waals surface area contributed by atoms with Gasteiger partial charge in [0.2, 0.25) is 17.7 Å². The van der Waals surface area contributed by atoms with Crippen LogP contribution < -0.4 is 15.5 Å². The first kappa shape index (κ1) is 15.0. The summed E-state index contributed by atoms with van der Waals surface area (Å²) in [6, 6.07) is 7.54. The minimum absolute atomic E-state index is 0.0625. The summed E-state index contributed by atoms with van der Waals surface area (Å²) in [7, 11) is 1.55. The molecule has 1 aliphatic heterocycles. The van der Waals surface area contributed by atoms with E-state index in [2.05, 4.69) is 25.8 Å². The molecular formula is C16H17N5O2. The van der Waals surface area contributed by atoms with Gasteiger partial charge in [0.1, 0.15) is 0 Å². The Morgan fingerprint density at radius 2 is 2.22 bits per heavy atom. The molecule has 7 nitrogen and oxygen atoms in total. The van der Waals surface area contributed by atoms with E-state index in [1.54, 1.807) is 19.4 Å². The van der Waals surface area contributed by atoms with E-state index in [-0.39, 0.29) is 5.91 Å². The average Bonchev–Trinajstić information content (AvgIpc) is 2.59. The summed E-state index contributed by atoms with van der Waals surface area (Å²) in [5, 5.41) is 7.17. The first-order valence-corrected chi connectivity index (χ1v) is 7.26. The van der Waals surface area contributed by atoms with Gasteiger partial charge < -0.3 is 10.1 Å². The molecule has 0 saturated heterocycles. The topological polar surface area (TPSA) is 88.5 Å². The number of ether oxygens (including phenoxy) is 1. The van der Waals surface area contributed by atoms with Crippen molar-refractivity contribution in [1.82, 2.24) is 9.97 Å². The van der Waals surface area contributed by atoms with E-state index in [0.717, 1.165) is 28.9 Å². The highest BCUT2D eigenvalue weighted by Crippen LogP contribution is 2.23. The zero-order chi connectivity index (χ0) is 16.2. The molecule has 0 bridgehead atoms. The fourth-order valence-corrected chi connectivity index (χ4v) is 2.32. The van der Waals surface area contributed by atoms with Crippen molar-refractivity contribution in [2.24, 2.45) is 5.10 Å². The molecule has 0 atom stereocenters. The van der Waals surface area contributed by atoms with Crippen molar-refractivity contribution in [3.63, 3.8) is 0 Å². The molecule has 0 saturated carbocycles. The average molecular weight is 311 g/mol. The van der Waals surface area contributed by atoms with Crippen LogP contribution in [-0.4, -0.2) is 28.7 Å². The van der Waals surface area contributed by atoms with Crippen molar-refractivity contribution in [3.8, 4) is 5.88 Å². The van der Waals surface area contributed by atoms with Gasteiger partial charge in [-0.3, -0.25) is 4.79 Å². The van der Waals surface area contributed by atoms with Gasteiger partial charge in [-0.05, 0) is 36.6 Å². The first-order valence-electron chi connectivity index (χ1n) is 7.26. The molecule has 1 aliphatic rings. The molecule has 0 radical (unpaired) electrons. The summed E-state index contributed by atoms with van der Waals surface area (Å²) < 4.78 is 5.04. The van der Waals surface area contributed by atoms with E-state index in [1.165, 1.54) is 0 Å². The largest absolute Gasteiger partial charge is 0.481 e. The maximum atomic E-state index is 11.4. The van der Waals surface area contributed by atoms with Gasteiger partial charge in [0.05, 0.1) is 12.8 Å². The van der Waals surface area contributed by atoms with E-state index in [9.17, 15) is 4.79 Å². The molecule has 2 aromatic rings. The van der Waals surface area contributed by atoms with E-state index in [4.69, 9.17) is 4.74 Å². The Hall–Kier alpha value is -2.96. The number of nitrogens with one attached hydrogen (secondary N) is 2. The fraction of sp³-hybridized carbons (Fsp3) is 0.250. The van der Waals surface area contributed by atoms with Gasteiger partial charge in [0, 0.05) is 24.4 Å². The molecule has 2 N–H and O–H groups in total. The van der Waals surface area contributed by atoms with Crippen LogP contribution in [0.3, 0.4) is 0 Å². The van der Waals surface area contributed by atoms with Crippen LogP contribution in [0.2, 0.25) is 0 Å². The van der Waals surface area contributed by atoms with Crippen molar-refractivity contribution in [2.45, 2.75) is 19.8 Å². The van der Waals surface area contributed by atoms with Crippen LogP contribution in [0.1, 0.15) is 24.5 Å². The second-order valence-electron chi connectivity index (χ2n) is 5.15. The second kappa shape index (κ2) is 6.43. The van der Waals surface area contributed by atoms with Gasteiger partial charge in [-0.25, -0.2) is 10.4 Å². The predicted molar refractivity (Wildman–Crippen MR) is 87.8 cm³/mol. The summed E-state index contributed by atoms with van der Waals surface area (Å²) in [5.74, 6) is 0.904. The number of rotatable bonds is 4. The van der Waals surface area contributed by atoms with E-state index < -0.39 is 0 Å². The summed E-state index contributed by atoms with van der Waals surface area (Å²) in [6.07, 6.45) is 2.86. The number of anilines is 2. The van der Waals surface area contributed by atoms with Crippen molar-refractivity contribution >= 4 is 23.3 Å². The zero-order valence-electron chi connectivity index (χ0n) is 13.0. The Kier molecular flexibility index (Phi) is 4.18. The first-order chi connectivity index (χ1) is 11.2. The number of fused-ring (bicyclic) bond motifs is 1. The van der Waals surface area contributed by atoms with E-state index in [1.807, 2.05) is 25.1 Å². The van der Waals surface area contributed by atoms with Gasteiger partial charge in [-0.1, -0.05) is 6.07 Å². The van der Waals surface area contributed by atoms with Crippen molar-refractivity contribution in [1.29, 1.82) is 0 Å². The Morgan fingerprint density at radius 3 is 3.04 bits per heavy atom. The van der Waals surface area contributed by atoms with Crippen LogP contribution in [0.5, 0.6) is 5.88 Å². The Bertz CT molecular complexity index is 773. The summed E-state index contributed by atoms with van der Waals surface area (Å²) in [4.78, 5) is 19.6. The molecule has 118 valence electrons. The minimum Gasteiger partial charge on any atom is -0.481 e. The molecule has 1 amide bonds. The van der Waals surface area contributed by atoms with Gasteiger partial charge in [-0.15, -0.1) is 0 Å². The molecule has 3 rings (SSSR count). The third-order valence-corrected chi connectivity index (χ3v) is 3.58. The molecule has 0 spiro atoms. The number of carbonyl (C=O) groups is 1. The monoisotopic (exact) mass is 311 g/mol. The lowest BCUT2D eigenvalue weighted by molar-refractivity contribution is -0.116. The maximum Gasteiger partial charge on any atom is 0.246 e. The van der Waals surface area contributed by atoms with Crippen molar-refractivity contribution in [2.75, 3.05) is 17.9 Å². The molecule has 23 heavy (non-hydrogen) atoms. The number of hydrazone groups is 1. The summed E-state index contributed by atoms with van der Waals surface area (Å²) in [5.41, 5.74) is 6.60. The third kappa shape index (κ3) is 3.45. The number of aryl methyl sites for hydroxylation is 1. The predicted octanol–water partition coefficient (Wildman–Crippen LogP) is 2.21. The van der Waals surface area contributed by atoms with Gasteiger partial charge in [-0.2, -0.15) is 10.1 Å². The molecular weight excluding hydrogens is 294 g/mol. The zero-order valence-corrected chi connectivity index (χ0v) is 13.0. The second-order valence-corrected chi connectivity index (χ2v) is 5.15. The number of aromatic nitrogens is 2. The normalized spacial score (nSPS) is 14.0. The van der Waals surface area contributed by atoms with E-state index in [0.29, 0.717) is 18.2 Å². The number of hydrogen-bond donors (Lipinski definition) is 2. The lowest BCUT2D eigenvalue weighted by Gasteiger charge is -2.17. The molecule has 2 heterocycles. The van der Waals surface area contributed by atoms with Crippen LogP contribution in [-0.2, 0) is 11.2 Å². The van der Waals surface area contributed by atoms with Crippen LogP contribution in [0.15, 0.2) is 35.6 Å². The Morgan fingerprint density at radius 1 is 1.35 bits per heavy atom. The lowest BCUT2D eigenvalue weighted by atomic mass is 9.99. The highest BCUT2D eigenvalue weighted by Gasteiger charge is 2.15. The highest BCUT2D eigenvalue weighted by molar-refractivity contribution is 6.01. The number of nitrogens with zero attached hydrogens (tertiary/aromatic N) is 3. The van der Waals surface area contributed by atoms with Crippen molar-refractivity contribution < 1.29 is 9.53 Å². The number of methoxy groups -OCH3 is 1. The standard InChI is InChI=1S/C16H17N5O2/c1-10(20-21-16-17-8-7-15(19-16)23-2)11-3-5-13-12(9-11)4-6-14(22)18-13/h3,5,7-9H,4,6H2,1-2H3,(H,18,22)(H,17,19,21). The molecule has 1 aromatic heterocycles. The van der Waals surface area contributed by atoms with Crippen molar-refractivity contribution in [3.05, 3.63) is 41.6 Å². The number of amides is 1. The highest BCUT2D eigenvalue weighted by atomic mass is 16.5. The number of benzene rings is 1. The van der Waals surface area contributed by atoms with Gasteiger partial charge in [0.15, 0.2) is 0 Å². The van der Waals surface area contributed by atoms with Crippen LogP contribution >= 0.6 is 0 Å². The molecule has 0 fully saturated rings. The minimum atomic E-state index is 0.0625. The van der Waals surface area contributed by atoms with Crippen LogP contribution in [0, 0.1) is 0 Å². The quantitative estimate of drug-likeness (QED) is 0.667.